The molecule has 0 bridgehead atoms. The Labute approximate surface area is 246 Å². The van der Waals surface area contributed by atoms with Crippen LogP contribution in [0, 0.1) is 6.92 Å². The second-order valence-corrected chi connectivity index (χ2v) is 11.5. The standard InChI is InChI=1S/C37H46N4/c1-29-26-35(32-20-12-14-22-34(32)40-29)38-24-16-7-5-3-4-6-8-17-25-39-36-27-30(2)41(28-31-18-10-9-11-19-31)37-23-15-13-21-33(36)37/h9-15,18-23,26-27,30,39H,3-8,16-17,24-25,28H2,1-2H3,(H,38,40). The number of nitrogens with one attached hydrogen (secondary N) is 2. The van der Waals surface area contributed by atoms with E-state index in [-0.39, 0.29) is 0 Å². The lowest BCUT2D eigenvalue weighted by atomic mass is 9.99. The third kappa shape index (κ3) is 7.91. The summed E-state index contributed by atoms with van der Waals surface area (Å²) in [6.07, 6.45) is 12.8. The van der Waals surface area contributed by atoms with E-state index in [2.05, 4.69) is 125 Å². The smallest absolute Gasteiger partial charge is 0.0725 e. The zero-order valence-corrected chi connectivity index (χ0v) is 24.9. The van der Waals surface area contributed by atoms with Crippen LogP contribution in [-0.4, -0.2) is 24.1 Å². The van der Waals surface area contributed by atoms with Crippen molar-refractivity contribution in [3.63, 3.8) is 0 Å². The van der Waals surface area contributed by atoms with Gasteiger partial charge >= 0.3 is 0 Å². The molecular weight excluding hydrogens is 500 g/mol. The van der Waals surface area contributed by atoms with Gasteiger partial charge in [-0.05, 0) is 56.5 Å². The van der Waals surface area contributed by atoms with Crippen LogP contribution in [0.2, 0.25) is 0 Å². The number of rotatable bonds is 15. The van der Waals surface area contributed by atoms with Gasteiger partial charge in [0.1, 0.15) is 0 Å². The first-order chi connectivity index (χ1) is 20.2. The largest absolute Gasteiger partial charge is 0.385 e. The Morgan fingerprint density at radius 1 is 0.707 bits per heavy atom. The summed E-state index contributed by atoms with van der Waals surface area (Å²) in [5.41, 5.74) is 8.65. The molecule has 1 aromatic heterocycles. The Balaban J connectivity index is 0.953. The predicted molar refractivity (Wildman–Crippen MR) is 176 cm³/mol. The van der Waals surface area contributed by atoms with Gasteiger partial charge in [-0.1, -0.05) is 105 Å². The van der Waals surface area contributed by atoms with Crippen molar-refractivity contribution in [2.75, 3.05) is 23.3 Å². The van der Waals surface area contributed by atoms with Crippen molar-refractivity contribution in [1.29, 1.82) is 0 Å². The summed E-state index contributed by atoms with van der Waals surface area (Å²) in [6, 6.07) is 30.6. The van der Waals surface area contributed by atoms with Crippen molar-refractivity contribution in [2.45, 2.75) is 77.8 Å². The SMILES string of the molecule is Cc1cc(NCCCCCCCCCCNC2=CC(C)N(Cc3ccccc3)c3ccccc32)c2ccccc2n1. The van der Waals surface area contributed by atoms with Crippen LogP contribution in [0.25, 0.3) is 16.6 Å². The summed E-state index contributed by atoms with van der Waals surface area (Å²) in [5.74, 6) is 0. The van der Waals surface area contributed by atoms with Gasteiger partial charge in [-0.25, -0.2) is 0 Å². The van der Waals surface area contributed by atoms with Crippen LogP contribution in [0.15, 0.2) is 91.0 Å². The Bertz CT molecular complexity index is 1410. The zero-order chi connectivity index (χ0) is 28.3. The van der Waals surface area contributed by atoms with Crippen LogP contribution in [-0.2, 0) is 6.54 Å². The van der Waals surface area contributed by atoms with Crippen molar-refractivity contribution in [3.05, 3.63) is 108 Å². The van der Waals surface area contributed by atoms with Gasteiger partial charge in [-0.2, -0.15) is 0 Å². The molecule has 0 saturated heterocycles. The van der Waals surface area contributed by atoms with Crippen LogP contribution in [0.3, 0.4) is 0 Å². The number of anilines is 2. The van der Waals surface area contributed by atoms with Crippen molar-refractivity contribution in [3.8, 4) is 0 Å². The lowest BCUT2D eigenvalue weighted by molar-refractivity contribution is 0.568. The highest BCUT2D eigenvalue weighted by Gasteiger charge is 2.23. The molecule has 1 atom stereocenters. The van der Waals surface area contributed by atoms with E-state index >= 15 is 0 Å². The van der Waals surface area contributed by atoms with E-state index in [0.29, 0.717) is 6.04 Å². The number of fused-ring (bicyclic) bond motifs is 2. The van der Waals surface area contributed by atoms with Crippen LogP contribution in [0.5, 0.6) is 0 Å². The zero-order valence-electron chi connectivity index (χ0n) is 24.9. The molecule has 2 N–H and O–H groups in total. The molecule has 4 nitrogen and oxygen atoms in total. The number of hydrogen-bond donors (Lipinski definition) is 2. The summed E-state index contributed by atoms with van der Waals surface area (Å²) in [6.45, 7) is 7.38. The van der Waals surface area contributed by atoms with Gasteiger partial charge in [0.2, 0.25) is 0 Å². The molecule has 1 aliphatic rings. The van der Waals surface area contributed by atoms with Crippen molar-refractivity contribution < 1.29 is 0 Å². The van der Waals surface area contributed by atoms with E-state index < -0.39 is 0 Å². The maximum atomic E-state index is 4.64. The van der Waals surface area contributed by atoms with Crippen molar-refractivity contribution in [1.82, 2.24) is 10.3 Å². The van der Waals surface area contributed by atoms with E-state index in [1.54, 1.807) is 0 Å². The van der Waals surface area contributed by atoms with E-state index in [0.717, 1.165) is 30.8 Å². The van der Waals surface area contributed by atoms with Gasteiger partial charge in [0.05, 0.1) is 5.52 Å². The molecule has 0 saturated carbocycles. The minimum absolute atomic E-state index is 0.357. The molecule has 5 rings (SSSR count). The van der Waals surface area contributed by atoms with Crippen LogP contribution in [0.1, 0.15) is 75.1 Å². The molecular formula is C37H46N4. The van der Waals surface area contributed by atoms with Crippen LogP contribution < -0.4 is 15.5 Å². The van der Waals surface area contributed by atoms with E-state index in [1.807, 2.05) is 0 Å². The number of aromatic nitrogens is 1. The molecule has 3 aromatic carbocycles. The molecule has 2 heterocycles. The van der Waals surface area contributed by atoms with Crippen LogP contribution in [0.4, 0.5) is 11.4 Å². The lowest BCUT2D eigenvalue weighted by Gasteiger charge is -2.36. The van der Waals surface area contributed by atoms with E-state index in [9.17, 15) is 0 Å². The van der Waals surface area contributed by atoms with Crippen molar-refractivity contribution >= 4 is 28.0 Å². The number of nitrogens with zero attached hydrogens (tertiary/aromatic N) is 2. The van der Waals surface area contributed by atoms with Crippen molar-refractivity contribution in [2.24, 2.45) is 0 Å². The molecule has 0 aliphatic carbocycles. The number of pyridine rings is 1. The molecule has 0 spiro atoms. The quantitative estimate of drug-likeness (QED) is 0.146. The molecule has 1 unspecified atom stereocenters. The maximum absolute atomic E-state index is 4.64. The normalized spacial score (nSPS) is 14.5. The fourth-order valence-electron chi connectivity index (χ4n) is 5.97. The maximum Gasteiger partial charge on any atom is 0.0725 e. The number of benzene rings is 3. The average molecular weight is 547 g/mol. The fourth-order valence-corrected chi connectivity index (χ4v) is 5.97. The number of unbranched alkanes of at least 4 members (excludes halogenated alkanes) is 7. The Morgan fingerprint density at radius 3 is 2.12 bits per heavy atom. The van der Waals surface area contributed by atoms with Gasteiger partial charge < -0.3 is 15.5 Å². The summed E-state index contributed by atoms with van der Waals surface area (Å²) in [5, 5.41) is 8.64. The molecule has 0 amide bonds. The van der Waals surface area contributed by atoms with E-state index in [1.165, 1.54) is 85.0 Å². The highest BCUT2D eigenvalue weighted by Crippen LogP contribution is 2.34. The molecule has 41 heavy (non-hydrogen) atoms. The second-order valence-electron chi connectivity index (χ2n) is 11.5. The Kier molecular flexibility index (Phi) is 10.3. The summed E-state index contributed by atoms with van der Waals surface area (Å²) < 4.78 is 0. The molecule has 214 valence electrons. The highest BCUT2D eigenvalue weighted by molar-refractivity contribution is 5.91. The lowest BCUT2D eigenvalue weighted by Crippen LogP contribution is -2.36. The first-order valence-electron chi connectivity index (χ1n) is 15.6. The topological polar surface area (TPSA) is 40.2 Å². The first kappa shape index (κ1) is 28.7. The Morgan fingerprint density at radius 2 is 1.34 bits per heavy atom. The second kappa shape index (κ2) is 14.7. The molecule has 4 aromatic rings. The van der Waals surface area contributed by atoms with Gasteiger partial charge in [0.25, 0.3) is 0 Å². The van der Waals surface area contributed by atoms with Gasteiger partial charge in [0, 0.05) is 59.4 Å². The third-order valence-electron chi connectivity index (χ3n) is 8.18. The third-order valence-corrected chi connectivity index (χ3v) is 8.18. The molecule has 0 fully saturated rings. The fraction of sp³-hybridized carbons (Fsp3) is 0.378. The summed E-state index contributed by atoms with van der Waals surface area (Å²) >= 11 is 0. The van der Waals surface area contributed by atoms with E-state index in [4.69, 9.17) is 0 Å². The van der Waals surface area contributed by atoms with Gasteiger partial charge in [-0.3, -0.25) is 4.98 Å². The summed E-state index contributed by atoms with van der Waals surface area (Å²) in [7, 11) is 0. The average Bonchev–Trinajstić information content (AvgIpc) is 2.99. The molecule has 1 aliphatic heterocycles. The predicted octanol–water partition coefficient (Wildman–Crippen LogP) is 9.12. The highest BCUT2D eigenvalue weighted by atomic mass is 15.2. The molecule has 4 heteroatoms. The van der Waals surface area contributed by atoms with Gasteiger partial charge in [0.15, 0.2) is 0 Å². The Hall–Kier alpha value is -3.79. The monoisotopic (exact) mass is 546 g/mol. The first-order valence-corrected chi connectivity index (χ1v) is 15.6. The minimum Gasteiger partial charge on any atom is -0.385 e. The molecule has 0 radical (unpaired) electrons. The van der Waals surface area contributed by atoms with Crippen LogP contribution >= 0.6 is 0 Å². The summed E-state index contributed by atoms with van der Waals surface area (Å²) in [4.78, 5) is 7.15. The number of hydrogen-bond acceptors (Lipinski definition) is 4. The minimum atomic E-state index is 0.357. The number of para-hydroxylation sites is 2. The van der Waals surface area contributed by atoms with Gasteiger partial charge in [-0.15, -0.1) is 0 Å². The number of aryl methyl sites for hydroxylation is 1.